The third-order valence-corrected chi connectivity index (χ3v) is 4.41. The number of benzene rings is 2. The van der Waals surface area contributed by atoms with Gasteiger partial charge in [-0.05, 0) is 24.1 Å². The Bertz CT molecular complexity index is 871. The molecule has 0 N–H and O–H groups in total. The lowest BCUT2D eigenvalue weighted by molar-refractivity contribution is 0.0322. The first-order valence-corrected chi connectivity index (χ1v) is 10.7. The van der Waals surface area contributed by atoms with E-state index in [1.165, 1.54) is 0 Å². The minimum Gasteiger partial charge on any atom is -0.467 e. The van der Waals surface area contributed by atoms with Gasteiger partial charge in [0.2, 0.25) is 0 Å². The molecule has 0 spiro atoms. The van der Waals surface area contributed by atoms with Gasteiger partial charge in [0.15, 0.2) is 45.5 Å². The summed E-state index contributed by atoms with van der Waals surface area (Å²) in [5.74, 6) is 2.74. The largest absolute Gasteiger partial charge is 0.467 e. The van der Waals surface area contributed by atoms with Gasteiger partial charge in [0.25, 0.3) is 0 Å². The van der Waals surface area contributed by atoms with Crippen molar-refractivity contribution in [1.29, 1.82) is 0 Å². The Morgan fingerprint density at radius 3 is 1.57 bits per heavy atom. The van der Waals surface area contributed by atoms with Crippen molar-refractivity contribution in [2.24, 2.45) is 0 Å². The van der Waals surface area contributed by atoms with E-state index >= 15 is 0 Å². The predicted molar refractivity (Wildman–Crippen MR) is 128 cm³/mol. The fraction of sp³-hybridized carbons (Fsp3) is 0.440. The van der Waals surface area contributed by atoms with Crippen LogP contribution < -0.4 is 23.7 Å². The van der Waals surface area contributed by atoms with Crippen LogP contribution >= 0.6 is 0 Å². The SMILES string of the molecule is COCOc1cc(OCOC)c(C/C=C/c2ccc(OCOC)c(OCOC)c2)c(OCOC)c1. The molecule has 2 rings (SSSR count). The third kappa shape index (κ3) is 9.63. The van der Waals surface area contributed by atoms with Crippen LogP contribution in [-0.4, -0.2) is 69.5 Å². The average Bonchev–Trinajstić information content (AvgIpc) is 2.88. The predicted octanol–water partition coefficient (Wildman–Crippen LogP) is 3.86. The number of allylic oxidation sites excluding steroid dienone is 1. The van der Waals surface area contributed by atoms with E-state index in [-0.39, 0.29) is 34.0 Å². The molecule has 0 aliphatic heterocycles. The Morgan fingerprint density at radius 2 is 1.03 bits per heavy atom. The zero-order chi connectivity index (χ0) is 25.3. The van der Waals surface area contributed by atoms with Crippen molar-refractivity contribution < 1.29 is 47.4 Å². The van der Waals surface area contributed by atoms with Crippen LogP contribution in [0, 0.1) is 0 Å². The Morgan fingerprint density at radius 1 is 0.543 bits per heavy atom. The number of hydrogen-bond acceptors (Lipinski definition) is 10. The molecular formula is C25H34O10. The first-order valence-electron chi connectivity index (χ1n) is 10.7. The standard InChI is InChI=1S/C25H34O10/c1-26-14-31-20-12-23(33-16-28-3)21(24(13-20)34-17-29-4)8-6-7-19-9-10-22(32-15-27-2)25(11-19)35-18-30-5/h6-7,9-13H,8,14-18H2,1-5H3/b7-6+. The lowest BCUT2D eigenvalue weighted by Gasteiger charge is -2.17. The number of rotatable bonds is 18. The molecule has 0 atom stereocenters. The summed E-state index contributed by atoms with van der Waals surface area (Å²) in [5.41, 5.74) is 1.70. The molecule has 0 saturated heterocycles. The summed E-state index contributed by atoms with van der Waals surface area (Å²) < 4.78 is 53.5. The van der Waals surface area contributed by atoms with E-state index in [0.717, 1.165) is 11.1 Å². The van der Waals surface area contributed by atoms with Gasteiger partial charge in [0.05, 0.1) is 0 Å². The van der Waals surface area contributed by atoms with Gasteiger partial charge in [0, 0.05) is 53.2 Å². The summed E-state index contributed by atoms with van der Waals surface area (Å²) in [4.78, 5) is 0. The van der Waals surface area contributed by atoms with Gasteiger partial charge in [-0.1, -0.05) is 18.2 Å². The summed E-state index contributed by atoms with van der Waals surface area (Å²) in [6.45, 7) is 0.421. The molecule has 0 amide bonds. The number of methoxy groups -OCH3 is 5. The lowest BCUT2D eigenvalue weighted by atomic mass is 10.1. The van der Waals surface area contributed by atoms with Crippen molar-refractivity contribution in [1.82, 2.24) is 0 Å². The molecule has 0 fully saturated rings. The third-order valence-electron chi connectivity index (χ3n) is 4.41. The van der Waals surface area contributed by atoms with Crippen molar-refractivity contribution >= 4 is 6.08 Å². The van der Waals surface area contributed by atoms with Crippen LogP contribution in [0.25, 0.3) is 6.08 Å². The molecule has 0 unspecified atom stereocenters. The molecule has 0 aliphatic carbocycles. The monoisotopic (exact) mass is 494 g/mol. The molecule has 0 heterocycles. The fourth-order valence-electron chi connectivity index (χ4n) is 2.93. The van der Waals surface area contributed by atoms with E-state index in [9.17, 15) is 0 Å². The lowest BCUT2D eigenvalue weighted by Crippen LogP contribution is -2.07. The summed E-state index contributed by atoms with van der Waals surface area (Å²) in [7, 11) is 7.76. The molecule has 10 nitrogen and oxygen atoms in total. The van der Waals surface area contributed by atoms with Crippen molar-refractivity contribution in [2.45, 2.75) is 6.42 Å². The highest BCUT2D eigenvalue weighted by Gasteiger charge is 2.14. The van der Waals surface area contributed by atoms with E-state index in [1.54, 1.807) is 47.7 Å². The van der Waals surface area contributed by atoms with Gasteiger partial charge >= 0.3 is 0 Å². The van der Waals surface area contributed by atoms with Crippen LogP contribution in [0.3, 0.4) is 0 Å². The maximum absolute atomic E-state index is 5.79. The molecule has 2 aromatic rings. The van der Waals surface area contributed by atoms with Crippen LogP contribution in [0.4, 0.5) is 0 Å². The highest BCUT2D eigenvalue weighted by atomic mass is 16.7. The first-order chi connectivity index (χ1) is 17.2. The number of hydrogen-bond donors (Lipinski definition) is 0. The topological polar surface area (TPSA) is 92.3 Å². The van der Waals surface area contributed by atoms with Crippen molar-refractivity contribution in [3.8, 4) is 28.7 Å². The maximum Gasteiger partial charge on any atom is 0.188 e. The van der Waals surface area contributed by atoms with Crippen LogP contribution in [0.15, 0.2) is 36.4 Å². The molecule has 0 saturated carbocycles. The average molecular weight is 495 g/mol. The summed E-state index contributed by atoms with van der Waals surface area (Å²) in [6.07, 6.45) is 4.43. The van der Waals surface area contributed by atoms with Gasteiger partial charge in [0.1, 0.15) is 17.2 Å². The molecule has 10 heteroatoms. The fourth-order valence-corrected chi connectivity index (χ4v) is 2.93. The van der Waals surface area contributed by atoms with E-state index < -0.39 is 0 Å². The Labute approximate surface area is 206 Å². The summed E-state index contributed by atoms with van der Waals surface area (Å²) in [5, 5.41) is 0. The second-order valence-corrected chi connectivity index (χ2v) is 6.97. The summed E-state index contributed by atoms with van der Waals surface area (Å²) in [6, 6.07) is 9.10. The normalized spacial score (nSPS) is 11.0. The summed E-state index contributed by atoms with van der Waals surface area (Å²) >= 11 is 0. The smallest absolute Gasteiger partial charge is 0.188 e. The minimum absolute atomic E-state index is 0.0668. The van der Waals surface area contributed by atoms with Gasteiger partial charge < -0.3 is 47.4 Å². The second kappa shape index (κ2) is 16.6. The number of ether oxygens (including phenoxy) is 10. The molecule has 194 valence electrons. The van der Waals surface area contributed by atoms with E-state index in [0.29, 0.717) is 35.2 Å². The molecule has 2 aromatic carbocycles. The molecule has 0 aromatic heterocycles. The minimum atomic E-state index is 0.0668. The van der Waals surface area contributed by atoms with Crippen molar-refractivity contribution in [2.75, 3.05) is 69.5 Å². The quantitative estimate of drug-likeness (QED) is 0.285. The highest BCUT2D eigenvalue weighted by molar-refractivity contribution is 5.58. The van der Waals surface area contributed by atoms with Crippen LogP contribution in [-0.2, 0) is 30.1 Å². The van der Waals surface area contributed by atoms with Gasteiger partial charge in [-0.25, -0.2) is 0 Å². The van der Waals surface area contributed by atoms with Gasteiger partial charge in [-0.3, -0.25) is 0 Å². The molecule has 0 radical (unpaired) electrons. The zero-order valence-electron chi connectivity index (χ0n) is 20.9. The molecule has 0 aliphatic rings. The molecule has 35 heavy (non-hydrogen) atoms. The molecular weight excluding hydrogens is 460 g/mol. The van der Waals surface area contributed by atoms with E-state index in [2.05, 4.69) is 0 Å². The Kier molecular flexibility index (Phi) is 13.4. The van der Waals surface area contributed by atoms with E-state index in [4.69, 9.17) is 47.4 Å². The van der Waals surface area contributed by atoms with Crippen LogP contribution in [0.2, 0.25) is 0 Å². The highest BCUT2D eigenvalue weighted by Crippen LogP contribution is 2.36. The maximum atomic E-state index is 5.79. The van der Waals surface area contributed by atoms with Crippen LogP contribution in [0.5, 0.6) is 28.7 Å². The Hall–Kier alpha value is -3.02. The second-order valence-electron chi connectivity index (χ2n) is 6.97. The van der Waals surface area contributed by atoms with Crippen molar-refractivity contribution in [3.05, 3.63) is 47.5 Å². The van der Waals surface area contributed by atoms with Gasteiger partial charge in [-0.15, -0.1) is 0 Å². The van der Waals surface area contributed by atoms with Gasteiger partial charge in [-0.2, -0.15) is 0 Å². The molecule has 0 bridgehead atoms. The first kappa shape index (κ1) is 28.2. The van der Waals surface area contributed by atoms with E-state index in [1.807, 2.05) is 30.4 Å². The van der Waals surface area contributed by atoms with Crippen molar-refractivity contribution in [3.63, 3.8) is 0 Å². The zero-order valence-corrected chi connectivity index (χ0v) is 20.9. The Balaban J connectivity index is 2.29. The van der Waals surface area contributed by atoms with Crippen LogP contribution in [0.1, 0.15) is 11.1 Å².